The molecule has 0 aliphatic carbocycles. The molecule has 3 aromatic rings. The van der Waals surface area contributed by atoms with Crippen LogP contribution in [0.4, 0.5) is 0 Å². The fourth-order valence-corrected chi connectivity index (χ4v) is 5.59. The molecule has 0 aliphatic heterocycles. The van der Waals surface area contributed by atoms with Crippen LogP contribution in [0.3, 0.4) is 0 Å². The Balaban J connectivity index is 1.89. The van der Waals surface area contributed by atoms with Gasteiger partial charge in [-0.15, -0.1) is 0 Å². The topological polar surface area (TPSA) is 197 Å². The zero-order chi connectivity index (χ0) is 27.4. The number of aromatic hydroxyl groups is 1. The Labute approximate surface area is 214 Å². The summed E-state index contributed by atoms with van der Waals surface area (Å²) in [5.41, 5.74) is 6.86. The molecule has 0 aromatic heterocycles. The summed E-state index contributed by atoms with van der Waals surface area (Å²) in [7, 11) is -7.74. The number of amidine groups is 1. The molecule has 6 N–H and O–H groups in total. The number of sulfonamides is 1. The minimum absolute atomic E-state index is 0.0787. The van der Waals surface area contributed by atoms with E-state index in [1.807, 2.05) is 0 Å². The molecule has 11 nitrogen and oxygen atoms in total. The standard InChI is InChI=1S/C24H25N3O8S2/c1-36(31,32)21-5-3-2-4-18(21)16-7-6-15(20(12-16)35-14-23(29)30)10-11-27-37(33,34)22-13-17(24(25)26)8-9-19(22)28/h2-9,12-13,27-28H,10-11,14H2,1H3,(H3,25,26)(H,29,30). The summed E-state index contributed by atoms with van der Waals surface area (Å²) in [5, 5.41) is 26.5. The van der Waals surface area contributed by atoms with Gasteiger partial charge in [-0.3, -0.25) is 5.41 Å². The smallest absolute Gasteiger partial charge is 0.341 e. The van der Waals surface area contributed by atoms with Crippen molar-refractivity contribution in [3.8, 4) is 22.6 Å². The maximum absolute atomic E-state index is 12.7. The van der Waals surface area contributed by atoms with Crippen molar-refractivity contribution >= 4 is 31.7 Å². The number of phenolic OH excluding ortho intramolecular Hbond substituents is 1. The molecule has 0 saturated heterocycles. The van der Waals surface area contributed by atoms with E-state index in [0.717, 1.165) is 18.4 Å². The highest BCUT2D eigenvalue weighted by molar-refractivity contribution is 7.91. The van der Waals surface area contributed by atoms with Gasteiger partial charge in [0.1, 0.15) is 22.2 Å². The molecular weight excluding hydrogens is 522 g/mol. The number of carbonyl (C=O) groups is 1. The quantitative estimate of drug-likeness (QED) is 0.175. The number of nitrogen functional groups attached to an aromatic ring is 1. The lowest BCUT2D eigenvalue weighted by atomic mass is 10.0. The van der Waals surface area contributed by atoms with Gasteiger partial charge in [0, 0.05) is 23.9 Å². The normalized spacial score (nSPS) is 11.7. The van der Waals surface area contributed by atoms with Gasteiger partial charge in [0.15, 0.2) is 16.4 Å². The van der Waals surface area contributed by atoms with Crippen molar-refractivity contribution in [2.75, 3.05) is 19.4 Å². The van der Waals surface area contributed by atoms with E-state index in [0.29, 0.717) is 16.7 Å². The van der Waals surface area contributed by atoms with Crippen molar-refractivity contribution in [2.24, 2.45) is 5.73 Å². The van der Waals surface area contributed by atoms with Crippen LogP contribution in [0, 0.1) is 5.41 Å². The minimum atomic E-state index is -4.18. The minimum Gasteiger partial charge on any atom is -0.507 e. The molecule has 3 aromatic carbocycles. The molecule has 37 heavy (non-hydrogen) atoms. The van der Waals surface area contributed by atoms with Crippen LogP contribution < -0.4 is 15.2 Å². The zero-order valence-corrected chi connectivity index (χ0v) is 21.3. The van der Waals surface area contributed by atoms with Crippen LogP contribution in [0.15, 0.2) is 70.5 Å². The predicted molar refractivity (Wildman–Crippen MR) is 136 cm³/mol. The van der Waals surface area contributed by atoms with Gasteiger partial charge < -0.3 is 20.7 Å². The molecule has 0 atom stereocenters. The number of rotatable bonds is 11. The number of nitrogens with one attached hydrogen (secondary N) is 2. The molecule has 3 rings (SSSR count). The molecule has 0 saturated carbocycles. The van der Waals surface area contributed by atoms with E-state index in [1.165, 1.54) is 18.2 Å². The number of benzene rings is 3. The van der Waals surface area contributed by atoms with Crippen LogP contribution in [0.25, 0.3) is 11.1 Å². The molecule has 13 heteroatoms. The summed E-state index contributed by atoms with van der Waals surface area (Å²) in [6.45, 7) is -0.809. The van der Waals surface area contributed by atoms with Crippen LogP contribution in [-0.4, -0.2) is 58.3 Å². The number of ether oxygens (including phenoxy) is 1. The van der Waals surface area contributed by atoms with E-state index in [4.69, 9.17) is 21.0 Å². The predicted octanol–water partition coefficient (Wildman–Crippen LogP) is 1.73. The van der Waals surface area contributed by atoms with E-state index in [1.54, 1.807) is 30.3 Å². The Kier molecular flexibility index (Phi) is 8.21. The van der Waals surface area contributed by atoms with Gasteiger partial charge in [-0.25, -0.2) is 26.4 Å². The molecule has 0 aliphatic rings. The maximum atomic E-state index is 12.7. The highest BCUT2D eigenvalue weighted by Gasteiger charge is 2.20. The van der Waals surface area contributed by atoms with Crippen molar-refractivity contribution in [3.05, 3.63) is 71.8 Å². The lowest BCUT2D eigenvalue weighted by Crippen LogP contribution is -2.26. The summed E-state index contributed by atoms with van der Waals surface area (Å²) in [4.78, 5) is 10.7. The van der Waals surface area contributed by atoms with Crippen molar-refractivity contribution < 1.29 is 36.6 Å². The second-order valence-electron chi connectivity index (χ2n) is 8.02. The Bertz CT molecular complexity index is 1570. The number of sulfone groups is 1. The van der Waals surface area contributed by atoms with E-state index in [2.05, 4.69) is 4.72 Å². The third-order valence-electron chi connectivity index (χ3n) is 5.26. The van der Waals surface area contributed by atoms with Gasteiger partial charge in [0.25, 0.3) is 0 Å². The lowest BCUT2D eigenvalue weighted by molar-refractivity contribution is -0.139. The summed E-state index contributed by atoms with van der Waals surface area (Å²) in [6, 6.07) is 14.6. The zero-order valence-electron chi connectivity index (χ0n) is 19.6. The first-order chi connectivity index (χ1) is 17.3. The summed E-state index contributed by atoms with van der Waals surface area (Å²) in [5.74, 6) is -1.97. The molecule has 0 radical (unpaired) electrons. The second kappa shape index (κ2) is 11.0. The van der Waals surface area contributed by atoms with Gasteiger partial charge in [0.05, 0.1) is 4.90 Å². The number of aliphatic carboxylic acids is 1. The van der Waals surface area contributed by atoms with Crippen LogP contribution in [0.1, 0.15) is 11.1 Å². The number of carboxylic acids is 1. The molecule has 0 unspecified atom stereocenters. The van der Waals surface area contributed by atoms with Gasteiger partial charge in [-0.05, 0) is 47.9 Å². The number of phenols is 1. The third kappa shape index (κ3) is 6.84. The van der Waals surface area contributed by atoms with E-state index >= 15 is 0 Å². The van der Waals surface area contributed by atoms with Gasteiger partial charge >= 0.3 is 5.97 Å². The monoisotopic (exact) mass is 547 g/mol. The Morgan fingerprint density at radius 1 is 1.03 bits per heavy atom. The molecule has 0 bridgehead atoms. The lowest BCUT2D eigenvalue weighted by Gasteiger charge is -2.15. The van der Waals surface area contributed by atoms with Gasteiger partial charge in [0.2, 0.25) is 10.0 Å². The van der Waals surface area contributed by atoms with Crippen molar-refractivity contribution in [1.82, 2.24) is 4.72 Å². The summed E-state index contributed by atoms with van der Waals surface area (Å²) >= 11 is 0. The summed E-state index contributed by atoms with van der Waals surface area (Å²) < 4.78 is 57.7. The Morgan fingerprint density at radius 3 is 2.38 bits per heavy atom. The van der Waals surface area contributed by atoms with Crippen LogP contribution >= 0.6 is 0 Å². The first-order valence-corrected chi connectivity index (χ1v) is 14.1. The van der Waals surface area contributed by atoms with E-state index < -0.39 is 43.1 Å². The number of hydrogen-bond acceptors (Lipinski definition) is 8. The van der Waals surface area contributed by atoms with Crippen molar-refractivity contribution in [2.45, 2.75) is 16.2 Å². The van der Waals surface area contributed by atoms with Crippen LogP contribution in [0.2, 0.25) is 0 Å². The highest BCUT2D eigenvalue weighted by atomic mass is 32.2. The van der Waals surface area contributed by atoms with Gasteiger partial charge in [-0.1, -0.05) is 30.3 Å². The Hall–Kier alpha value is -3.94. The number of carboxylic acid groups (broad SMARTS) is 1. The second-order valence-corrected chi connectivity index (χ2v) is 11.7. The average molecular weight is 548 g/mol. The van der Waals surface area contributed by atoms with E-state index in [-0.39, 0.29) is 35.0 Å². The van der Waals surface area contributed by atoms with Crippen LogP contribution in [0.5, 0.6) is 11.5 Å². The maximum Gasteiger partial charge on any atom is 0.341 e. The Morgan fingerprint density at radius 2 is 1.73 bits per heavy atom. The fourth-order valence-electron chi connectivity index (χ4n) is 3.53. The van der Waals surface area contributed by atoms with Crippen LogP contribution in [-0.2, 0) is 31.1 Å². The first kappa shape index (κ1) is 27.6. The largest absolute Gasteiger partial charge is 0.507 e. The van der Waals surface area contributed by atoms with Crippen molar-refractivity contribution in [1.29, 1.82) is 5.41 Å². The number of hydrogen-bond donors (Lipinski definition) is 5. The summed E-state index contributed by atoms with van der Waals surface area (Å²) in [6.07, 6.45) is 1.16. The average Bonchev–Trinajstić information content (AvgIpc) is 2.82. The molecule has 0 amide bonds. The van der Waals surface area contributed by atoms with Crippen molar-refractivity contribution in [3.63, 3.8) is 0 Å². The molecule has 0 spiro atoms. The molecule has 0 fully saturated rings. The molecule has 0 heterocycles. The molecule has 196 valence electrons. The number of nitrogens with two attached hydrogens (primary N) is 1. The fraction of sp³-hybridized carbons (Fsp3) is 0.167. The SMILES string of the molecule is CS(=O)(=O)c1ccccc1-c1ccc(CCNS(=O)(=O)c2cc(C(=N)N)ccc2O)c(OCC(=O)O)c1. The third-order valence-corrected chi connectivity index (χ3v) is 7.91. The first-order valence-electron chi connectivity index (χ1n) is 10.7. The van der Waals surface area contributed by atoms with E-state index in [9.17, 15) is 26.7 Å². The molecular formula is C24H25N3O8S2. The van der Waals surface area contributed by atoms with Gasteiger partial charge in [-0.2, -0.15) is 0 Å². The highest BCUT2D eigenvalue weighted by Crippen LogP contribution is 2.32.